The van der Waals surface area contributed by atoms with Crippen LogP contribution in [-0.4, -0.2) is 26.2 Å². The Labute approximate surface area is 233 Å². The van der Waals surface area contributed by atoms with Crippen molar-refractivity contribution < 1.29 is 19.1 Å². The maximum absolute atomic E-state index is 10.6. The molecule has 218 valence electrons. The number of hydrogen-bond acceptors (Lipinski definition) is 4. The first-order valence-electron chi connectivity index (χ1n) is 16.4. The van der Waals surface area contributed by atoms with E-state index in [1.54, 1.807) is 0 Å². The predicted molar refractivity (Wildman–Crippen MR) is 153 cm³/mol. The van der Waals surface area contributed by atoms with Crippen LogP contribution >= 0.6 is 0 Å². The van der Waals surface area contributed by atoms with Crippen LogP contribution in [0.15, 0.2) is 0 Å². The van der Waals surface area contributed by atoms with E-state index in [2.05, 4.69) is 27.7 Å². The summed E-state index contributed by atoms with van der Waals surface area (Å²) in [4.78, 5) is 21.2. The van der Waals surface area contributed by atoms with E-state index < -0.39 is 0 Å². The van der Waals surface area contributed by atoms with E-state index in [0.29, 0.717) is 37.0 Å². The van der Waals surface area contributed by atoms with Crippen LogP contribution in [0.2, 0.25) is 0 Å². The van der Waals surface area contributed by atoms with Crippen molar-refractivity contribution in [3.8, 4) is 0 Å². The summed E-state index contributed by atoms with van der Waals surface area (Å²) in [5, 5.41) is 0. The molecule has 8 atom stereocenters. The average Bonchev–Trinajstić information content (AvgIpc) is 3.24. The summed E-state index contributed by atoms with van der Waals surface area (Å²) >= 11 is 0. The van der Waals surface area contributed by atoms with Gasteiger partial charge in [-0.05, 0) is 123 Å². The predicted octanol–water partition coefficient (Wildman–Crippen LogP) is 8.61. The molecule has 0 aromatic heterocycles. The van der Waals surface area contributed by atoms with Gasteiger partial charge in [-0.3, -0.25) is 9.59 Å². The van der Waals surface area contributed by atoms with Gasteiger partial charge in [0.1, 0.15) is 0 Å². The first-order valence-corrected chi connectivity index (χ1v) is 16.4. The summed E-state index contributed by atoms with van der Waals surface area (Å²) in [6.07, 6.45) is 22.3. The SMILES string of the molecule is CC(C)CCCCC1CCC2C3CCC4CC(CCCC(COC=O)COC=O)CCC4(C)C3CCC12C. The van der Waals surface area contributed by atoms with Gasteiger partial charge in [0.05, 0.1) is 13.2 Å². The third-order valence-corrected chi connectivity index (χ3v) is 12.6. The standard InChI is InChI=1S/C34H58O4/c1-25(2)8-5-6-11-28-13-15-31-30-14-12-29-20-26(9-7-10-27(21-37-23-35)22-38-24-36)16-18-34(29,4)32(30)17-19-33(28,31)3/h23-32H,5-22H2,1-4H3. The minimum atomic E-state index is 0.122. The normalized spacial score (nSPS) is 38.4. The summed E-state index contributed by atoms with van der Waals surface area (Å²) in [6, 6.07) is 0. The average molecular weight is 531 g/mol. The van der Waals surface area contributed by atoms with Crippen LogP contribution in [0.5, 0.6) is 0 Å². The molecule has 0 aromatic carbocycles. The number of carbonyl (C=O) groups is 2. The molecule has 0 saturated heterocycles. The fourth-order valence-electron chi connectivity index (χ4n) is 10.4. The highest BCUT2D eigenvalue weighted by Gasteiger charge is 2.59. The molecule has 0 radical (unpaired) electrons. The van der Waals surface area contributed by atoms with Crippen molar-refractivity contribution in [1.82, 2.24) is 0 Å². The molecule has 4 rings (SSSR count). The highest BCUT2D eigenvalue weighted by Crippen LogP contribution is 2.68. The van der Waals surface area contributed by atoms with E-state index >= 15 is 0 Å². The lowest BCUT2D eigenvalue weighted by Crippen LogP contribution is -2.53. The number of fused-ring (bicyclic) bond motifs is 5. The van der Waals surface area contributed by atoms with Gasteiger partial charge in [-0.1, -0.05) is 59.8 Å². The van der Waals surface area contributed by atoms with Crippen molar-refractivity contribution >= 4 is 12.9 Å². The van der Waals surface area contributed by atoms with E-state index in [1.807, 2.05) is 0 Å². The molecule has 4 aliphatic rings. The Morgan fingerprint density at radius 2 is 1.47 bits per heavy atom. The van der Waals surface area contributed by atoms with Crippen molar-refractivity contribution in [2.24, 2.45) is 58.2 Å². The Kier molecular flexibility index (Phi) is 10.7. The van der Waals surface area contributed by atoms with Crippen LogP contribution in [0.1, 0.15) is 130 Å². The number of hydrogen-bond donors (Lipinski definition) is 0. The number of carbonyl (C=O) groups excluding carboxylic acids is 2. The number of rotatable bonds is 15. The number of ether oxygens (including phenoxy) is 2. The van der Waals surface area contributed by atoms with Crippen molar-refractivity contribution in [3.05, 3.63) is 0 Å². The van der Waals surface area contributed by atoms with E-state index in [-0.39, 0.29) is 5.92 Å². The molecule has 0 bridgehead atoms. The van der Waals surface area contributed by atoms with Gasteiger partial charge in [-0.2, -0.15) is 0 Å². The summed E-state index contributed by atoms with van der Waals surface area (Å²) in [7, 11) is 0. The monoisotopic (exact) mass is 530 g/mol. The topological polar surface area (TPSA) is 52.6 Å². The second-order valence-corrected chi connectivity index (χ2v) is 15.0. The van der Waals surface area contributed by atoms with E-state index in [0.717, 1.165) is 54.3 Å². The number of unbranched alkanes of at least 4 members (excludes halogenated alkanes) is 1. The minimum Gasteiger partial charge on any atom is -0.467 e. The van der Waals surface area contributed by atoms with Gasteiger partial charge < -0.3 is 9.47 Å². The molecule has 4 saturated carbocycles. The van der Waals surface area contributed by atoms with Gasteiger partial charge in [0.2, 0.25) is 0 Å². The molecule has 0 spiro atoms. The summed E-state index contributed by atoms with van der Waals surface area (Å²) in [6.45, 7) is 11.9. The quantitative estimate of drug-likeness (QED) is 0.157. The summed E-state index contributed by atoms with van der Waals surface area (Å²) < 4.78 is 9.94. The zero-order chi connectivity index (χ0) is 27.2. The Bertz CT molecular complexity index is 739. The molecule has 0 amide bonds. The highest BCUT2D eigenvalue weighted by molar-refractivity contribution is 5.37. The van der Waals surface area contributed by atoms with Gasteiger partial charge in [-0.15, -0.1) is 0 Å². The Morgan fingerprint density at radius 3 is 2.18 bits per heavy atom. The van der Waals surface area contributed by atoms with Crippen molar-refractivity contribution in [2.75, 3.05) is 13.2 Å². The van der Waals surface area contributed by atoms with Gasteiger partial charge in [0.15, 0.2) is 0 Å². The zero-order valence-corrected chi connectivity index (χ0v) is 25.1. The molecule has 8 unspecified atom stereocenters. The van der Waals surface area contributed by atoms with Gasteiger partial charge in [0, 0.05) is 5.92 Å². The van der Waals surface area contributed by atoms with E-state index in [4.69, 9.17) is 9.47 Å². The third kappa shape index (κ3) is 6.63. The van der Waals surface area contributed by atoms with Gasteiger partial charge in [0.25, 0.3) is 12.9 Å². The highest BCUT2D eigenvalue weighted by atomic mass is 16.5. The van der Waals surface area contributed by atoms with Crippen LogP contribution in [0, 0.1) is 58.2 Å². The summed E-state index contributed by atoms with van der Waals surface area (Å²) in [5.41, 5.74) is 1.19. The lowest BCUT2D eigenvalue weighted by Gasteiger charge is -2.61. The van der Waals surface area contributed by atoms with E-state index in [9.17, 15) is 9.59 Å². The first-order chi connectivity index (χ1) is 18.3. The molecule has 4 fully saturated rings. The fraction of sp³-hybridized carbons (Fsp3) is 0.941. The molecule has 4 nitrogen and oxygen atoms in total. The molecule has 0 aliphatic heterocycles. The molecular weight excluding hydrogens is 472 g/mol. The zero-order valence-electron chi connectivity index (χ0n) is 25.1. The maximum atomic E-state index is 10.6. The second-order valence-electron chi connectivity index (χ2n) is 15.0. The van der Waals surface area contributed by atoms with Crippen molar-refractivity contribution in [3.63, 3.8) is 0 Å². The largest absolute Gasteiger partial charge is 0.467 e. The molecule has 0 heterocycles. The molecule has 4 heteroatoms. The third-order valence-electron chi connectivity index (χ3n) is 12.6. The van der Waals surface area contributed by atoms with Crippen molar-refractivity contribution in [1.29, 1.82) is 0 Å². The van der Waals surface area contributed by atoms with Crippen LogP contribution < -0.4 is 0 Å². The lowest BCUT2D eigenvalue weighted by molar-refractivity contribution is -0.133. The van der Waals surface area contributed by atoms with Gasteiger partial charge in [-0.25, -0.2) is 0 Å². The summed E-state index contributed by atoms with van der Waals surface area (Å²) in [5.74, 6) is 6.65. The fourth-order valence-corrected chi connectivity index (χ4v) is 10.4. The van der Waals surface area contributed by atoms with Crippen LogP contribution in [0.25, 0.3) is 0 Å². The Hall–Kier alpha value is -1.06. The minimum absolute atomic E-state index is 0.122. The second kappa shape index (κ2) is 13.5. The Balaban J connectivity index is 1.28. The van der Waals surface area contributed by atoms with Crippen molar-refractivity contribution in [2.45, 2.75) is 130 Å². The van der Waals surface area contributed by atoms with Gasteiger partial charge >= 0.3 is 0 Å². The van der Waals surface area contributed by atoms with Crippen LogP contribution in [0.4, 0.5) is 0 Å². The maximum Gasteiger partial charge on any atom is 0.293 e. The Morgan fingerprint density at radius 1 is 0.763 bits per heavy atom. The molecular formula is C34H58O4. The molecule has 4 aliphatic carbocycles. The van der Waals surface area contributed by atoms with Crippen LogP contribution in [-0.2, 0) is 19.1 Å². The van der Waals surface area contributed by atoms with E-state index in [1.165, 1.54) is 89.9 Å². The lowest BCUT2D eigenvalue weighted by atomic mass is 9.44. The molecule has 38 heavy (non-hydrogen) atoms. The molecule has 0 N–H and O–H groups in total. The smallest absolute Gasteiger partial charge is 0.293 e. The molecule has 0 aromatic rings. The first kappa shape index (κ1) is 29.9. The van der Waals surface area contributed by atoms with Crippen LogP contribution in [0.3, 0.4) is 0 Å².